The van der Waals surface area contributed by atoms with Gasteiger partial charge in [0, 0.05) is 17.3 Å². The molecule has 3 rings (SSSR count). The van der Waals surface area contributed by atoms with Gasteiger partial charge in [0.1, 0.15) is 5.75 Å². The van der Waals surface area contributed by atoms with Crippen LogP contribution >= 0.6 is 0 Å². The van der Waals surface area contributed by atoms with Gasteiger partial charge < -0.3 is 15.4 Å². The fourth-order valence-corrected chi connectivity index (χ4v) is 3.35. The lowest BCUT2D eigenvalue weighted by atomic mass is 10.1. The van der Waals surface area contributed by atoms with E-state index in [1.807, 2.05) is 50.2 Å². The standard InChI is InChI=1S/C23H28N2O3/c1-16(2)24-22(26)15-17-7-11-19(12-8-17)25-23(27)18-9-13-21(14-10-18)28-20-5-3-4-6-20/h7-14,16,20H,3-6,15H2,1-2H3,(H,24,26)(H,25,27). The van der Waals surface area contributed by atoms with Crippen molar-refractivity contribution in [3.8, 4) is 5.75 Å². The Morgan fingerprint density at radius 1 is 1.00 bits per heavy atom. The minimum Gasteiger partial charge on any atom is -0.490 e. The van der Waals surface area contributed by atoms with Gasteiger partial charge in [-0.05, 0) is 81.5 Å². The van der Waals surface area contributed by atoms with Crippen molar-refractivity contribution in [2.24, 2.45) is 0 Å². The van der Waals surface area contributed by atoms with Crippen LogP contribution in [0.1, 0.15) is 55.5 Å². The van der Waals surface area contributed by atoms with Gasteiger partial charge in [-0.15, -0.1) is 0 Å². The van der Waals surface area contributed by atoms with Gasteiger partial charge in [0.25, 0.3) is 5.91 Å². The lowest BCUT2D eigenvalue weighted by Gasteiger charge is -2.13. The average molecular weight is 380 g/mol. The fourth-order valence-electron chi connectivity index (χ4n) is 3.35. The normalized spacial score (nSPS) is 14.1. The first-order chi connectivity index (χ1) is 13.5. The molecule has 0 aliphatic heterocycles. The minimum atomic E-state index is -0.169. The monoisotopic (exact) mass is 380 g/mol. The van der Waals surface area contributed by atoms with Crippen molar-refractivity contribution in [1.82, 2.24) is 5.32 Å². The molecule has 1 fully saturated rings. The summed E-state index contributed by atoms with van der Waals surface area (Å²) in [4.78, 5) is 24.3. The zero-order valence-electron chi connectivity index (χ0n) is 16.5. The maximum absolute atomic E-state index is 12.4. The lowest BCUT2D eigenvalue weighted by molar-refractivity contribution is -0.120. The molecule has 0 aromatic heterocycles. The zero-order valence-corrected chi connectivity index (χ0v) is 16.5. The number of nitrogens with one attached hydrogen (secondary N) is 2. The zero-order chi connectivity index (χ0) is 19.9. The number of benzene rings is 2. The topological polar surface area (TPSA) is 67.4 Å². The molecule has 2 amide bonds. The molecule has 0 spiro atoms. The Morgan fingerprint density at radius 2 is 1.64 bits per heavy atom. The highest BCUT2D eigenvalue weighted by Gasteiger charge is 2.16. The van der Waals surface area contributed by atoms with Crippen LogP contribution in [-0.2, 0) is 11.2 Å². The van der Waals surface area contributed by atoms with Gasteiger partial charge in [-0.2, -0.15) is 0 Å². The molecule has 1 saturated carbocycles. The maximum atomic E-state index is 12.4. The summed E-state index contributed by atoms with van der Waals surface area (Å²) in [5.41, 5.74) is 2.19. The van der Waals surface area contributed by atoms with Crippen molar-refractivity contribution in [1.29, 1.82) is 0 Å². The Morgan fingerprint density at radius 3 is 2.25 bits per heavy atom. The second-order valence-electron chi connectivity index (χ2n) is 7.60. The van der Waals surface area contributed by atoms with Crippen molar-refractivity contribution < 1.29 is 14.3 Å². The average Bonchev–Trinajstić information content (AvgIpc) is 3.16. The van der Waals surface area contributed by atoms with Crippen LogP contribution < -0.4 is 15.4 Å². The molecule has 148 valence electrons. The van der Waals surface area contributed by atoms with Gasteiger partial charge in [-0.3, -0.25) is 9.59 Å². The van der Waals surface area contributed by atoms with Crippen LogP contribution in [-0.4, -0.2) is 24.0 Å². The first-order valence-electron chi connectivity index (χ1n) is 9.96. The molecular weight excluding hydrogens is 352 g/mol. The van der Waals surface area contributed by atoms with E-state index in [4.69, 9.17) is 4.74 Å². The lowest BCUT2D eigenvalue weighted by Crippen LogP contribution is -2.31. The first-order valence-corrected chi connectivity index (χ1v) is 9.96. The molecule has 0 saturated heterocycles. The van der Waals surface area contributed by atoms with Gasteiger partial charge in [0.15, 0.2) is 0 Å². The number of anilines is 1. The number of carbonyl (C=O) groups is 2. The number of hydrogen-bond acceptors (Lipinski definition) is 3. The third kappa shape index (κ3) is 5.84. The number of hydrogen-bond donors (Lipinski definition) is 2. The largest absolute Gasteiger partial charge is 0.490 e. The Bertz CT molecular complexity index is 792. The highest BCUT2D eigenvalue weighted by molar-refractivity contribution is 6.04. The smallest absolute Gasteiger partial charge is 0.255 e. The number of ether oxygens (including phenoxy) is 1. The quantitative estimate of drug-likeness (QED) is 0.751. The van der Waals surface area contributed by atoms with E-state index >= 15 is 0 Å². The summed E-state index contributed by atoms with van der Waals surface area (Å²) in [6.45, 7) is 3.87. The summed E-state index contributed by atoms with van der Waals surface area (Å²) < 4.78 is 5.93. The van der Waals surface area contributed by atoms with Crippen LogP contribution in [0.15, 0.2) is 48.5 Å². The molecule has 2 aromatic carbocycles. The molecule has 0 radical (unpaired) electrons. The van der Waals surface area contributed by atoms with E-state index in [0.717, 1.165) is 24.2 Å². The Hall–Kier alpha value is -2.82. The highest BCUT2D eigenvalue weighted by atomic mass is 16.5. The van der Waals surface area contributed by atoms with Crippen LogP contribution in [0.2, 0.25) is 0 Å². The fraction of sp³-hybridized carbons (Fsp3) is 0.391. The van der Waals surface area contributed by atoms with Crippen molar-refractivity contribution in [3.63, 3.8) is 0 Å². The second kappa shape index (κ2) is 9.40. The molecule has 28 heavy (non-hydrogen) atoms. The van der Waals surface area contributed by atoms with Gasteiger partial charge in [-0.25, -0.2) is 0 Å². The van der Waals surface area contributed by atoms with Crippen LogP contribution in [0.25, 0.3) is 0 Å². The molecule has 5 heteroatoms. The molecule has 0 bridgehead atoms. The van der Waals surface area contributed by atoms with Crippen molar-refractivity contribution in [3.05, 3.63) is 59.7 Å². The van der Waals surface area contributed by atoms with Crippen molar-refractivity contribution in [2.45, 2.75) is 58.1 Å². The van der Waals surface area contributed by atoms with Crippen LogP contribution in [0.4, 0.5) is 5.69 Å². The van der Waals surface area contributed by atoms with E-state index in [-0.39, 0.29) is 17.9 Å². The van der Waals surface area contributed by atoms with Crippen molar-refractivity contribution >= 4 is 17.5 Å². The van der Waals surface area contributed by atoms with E-state index in [0.29, 0.717) is 23.8 Å². The molecule has 1 aliphatic rings. The minimum absolute atomic E-state index is 0.00769. The highest BCUT2D eigenvalue weighted by Crippen LogP contribution is 2.24. The Balaban J connectivity index is 1.53. The summed E-state index contributed by atoms with van der Waals surface area (Å²) in [5.74, 6) is 0.636. The summed E-state index contributed by atoms with van der Waals surface area (Å²) in [6, 6.07) is 14.7. The van der Waals surface area contributed by atoms with Gasteiger partial charge >= 0.3 is 0 Å². The van der Waals surface area contributed by atoms with Gasteiger partial charge in [0.05, 0.1) is 12.5 Å². The van der Waals surface area contributed by atoms with Crippen LogP contribution in [0.5, 0.6) is 5.75 Å². The van der Waals surface area contributed by atoms with E-state index in [1.165, 1.54) is 12.8 Å². The summed E-state index contributed by atoms with van der Waals surface area (Å²) in [5, 5.41) is 5.75. The molecule has 2 N–H and O–H groups in total. The summed E-state index contributed by atoms with van der Waals surface area (Å²) in [6.07, 6.45) is 5.31. The molecule has 0 heterocycles. The number of rotatable bonds is 7. The van der Waals surface area contributed by atoms with E-state index < -0.39 is 0 Å². The number of amides is 2. The Kier molecular flexibility index (Phi) is 6.69. The second-order valence-corrected chi connectivity index (χ2v) is 7.60. The third-order valence-electron chi connectivity index (χ3n) is 4.75. The molecule has 1 aliphatic carbocycles. The van der Waals surface area contributed by atoms with E-state index in [1.54, 1.807) is 12.1 Å². The van der Waals surface area contributed by atoms with E-state index in [2.05, 4.69) is 10.6 Å². The Labute approximate surface area is 166 Å². The van der Waals surface area contributed by atoms with E-state index in [9.17, 15) is 9.59 Å². The molecular formula is C23H28N2O3. The number of carbonyl (C=O) groups excluding carboxylic acids is 2. The predicted octanol–water partition coefficient (Wildman–Crippen LogP) is 4.33. The maximum Gasteiger partial charge on any atom is 0.255 e. The first kappa shape index (κ1) is 19.9. The molecule has 0 unspecified atom stereocenters. The predicted molar refractivity (Wildman–Crippen MR) is 111 cm³/mol. The van der Waals surface area contributed by atoms with Crippen LogP contribution in [0, 0.1) is 0 Å². The van der Waals surface area contributed by atoms with Gasteiger partial charge in [0.2, 0.25) is 5.91 Å². The summed E-state index contributed by atoms with van der Waals surface area (Å²) in [7, 11) is 0. The van der Waals surface area contributed by atoms with Gasteiger partial charge in [-0.1, -0.05) is 12.1 Å². The molecule has 0 atom stereocenters. The van der Waals surface area contributed by atoms with Crippen LogP contribution in [0.3, 0.4) is 0 Å². The SMILES string of the molecule is CC(C)NC(=O)Cc1ccc(NC(=O)c2ccc(OC3CCCC3)cc2)cc1. The molecule has 5 nitrogen and oxygen atoms in total. The van der Waals surface area contributed by atoms with Crippen molar-refractivity contribution in [2.75, 3.05) is 5.32 Å². The summed E-state index contributed by atoms with van der Waals surface area (Å²) >= 11 is 0. The molecule has 2 aromatic rings. The third-order valence-corrected chi connectivity index (χ3v) is 4.75.